The Labute approximate surface area is 186 Å². The van der Waals surface area contributed by atoms with Crippen molar-refractivity contribution in [2.75, 3.05) is 12.4 Å². The van der Waals surface area contributed by atoms with Crippen LogP contribution in [0.3, 0.4) is 0 Å². The summed E-state index contributed by atoms with van der Waals surface area (Å²) in [5.41, 5.74) is 5.86. The van der Waals surface area contributed by atoms with Crippen LogP contribution in [0.1, 0.15) is 42.5 Å². The van der Waals surface area contributed by atoms with Gasteiger partial charge < -0.3 is 15.2 Å². The zero-order chi connectivity index (χ0) is 22.2. The van der Waals surface area contributed by atoms with Crippen molar-refractivity contribution in [1.29, 1.82) is 5.26 Å². The number of nitrogens with one attached hydrogen (secondary N) is 1. The number of ether oxygens (including phenoxy) is 1. The summed E-state index contributed by atoms with van der Waals surface area (Å²) >= 11 is 6.24. The summed E-state index contributed by atoms with van der Waals surface area (Å²) in [6.07, 6.45) is 3.62. The number of aliphatic hydroxyl groups excluding tert-OH is 1. The Kier molecular flexibility index (Phi) is 5.57. The van der Waals surface area contributed by atoms with E-state index in [9.17, 15) is 10.4 Å². The Bertz CT molecular complexity index is 1200. The molecule has 1 aliphatic carbocycles. The maximum atomic E-state index is 9.68. The minimum Gasteiger partial charge on any atom is -0.495 e. The molecule has 2 N–H and O–H groups in total. The predicted octanol–water partition coefficient (Wildman–Crippen LogP) is 5.14. The van der Waals surface area contributed by atoms with Gasteiger partial charge in [-0.3, -0.25) is 0 Å². The van der Waals surface area contributed by atoms with Crippen molar-refractivity contribution in [2.24, 2.45) is 0 Å². The number of rotatable bonds is 5. The number of aliphatic hydroxyl groups is 1. The fraction of sp³-hybridized carbons (Fsp3) is 0.292. The van der Waals surface area contributed by atoms with Crippen molar-refractivity contribution < 1.29 is 9.84 Å². The van der Waals surface area contributed by atoms with Crippen LogP contribution in [0.4, 0.5) is 11.6 Å². The molecule has 0 spiro atoms. The van der Waals surface area contributed by atoms with E-state index in [0.29, 0.717) is 33.5 Å². The summed E-state index contributed by atoms with van der Waals surface area (Å²) < 4.78 is 5.41. The first-order valence-electron chi connectivity index (χ1n) is 10.0. The van der Waals surface area contributed by atoms with Gasteiger partial charge in [0.2, 0.25) is 5.95 Å². The smallest absolute Gasteiger partial charge is 0.227 e. The Morgan fingerprint density at radius 2 is 2.10 bits per heavy atom. The molecule has 4 rings (SSSR count). The van der Waals surface area contributed by atoms with Gasteiger partial charge in [-0.05, 0) is 65.3 Å². The topological polar surface area (TPSA) is 91.1 Å². The maximum Gasteiger partial charge on any atom is 0.227 e. The number of anilines is 2. The third kappa shape index (κ3) is 3.95. The lowest BCUT2D eigenvalue weighted by molar-refractivity contribution is 0.281. The number of fused-ring (bicyclic) bond motifs is 1. The molecule has 0 amide bonds. The van der Waals surface area contributed by atoms with Crippen molar-refractivity contribution in [3.63, 3.8) is 0 Å². The summed E-state index contributed by atoms with van der Waals surface area (Å²) in [5, 5.41) is 22.7. The van der Waals surface area contributed by atoms with Crippen LogP contribution in [0, 0.1) is 11.3 Å². The molecule has 0 aliphatic heterocycles. The molecule has 6 nitrogen and oxygen atoms in total. The third-order valence-corrected chi connectivity index (χ3v) is 6.19. The number of nitrogens with zero attached hydrogens (tertiary/aromatic N) is 3. The molecule has 0 saturated heterocycles. The van der Waals surface area contributed by atoms with Crippen molar-refractivity contribution in [3.8, 4) is 23.1 Å². The number of halogens is 1. The lowest BCUT2D eigenvalue weighted by atomic mass is 9.84. The van der Waals surface area contributed by atoms with Crippen molar-refractivity contribution in [1.82, 2.24) is 9.97 Å². The molecular weight excluding hydrogens is 412 g/mol. The van der Waals surface area contributed by atoms with Gasteiger partial charge in [-0.2, -0.15) is 5.26 Å². The summed E-state index contributed by atoms with van der Waals surface area (Å²) in [5.74, 6) is 0.899. The highest BCUT2D eigenvalue weighted by Crippen LogP contribution is 2.42. The fourth-order valence-corrected chi connectivity index (χ4v) is 4.27. The van der Waals surface area contributed by atoms with Crippen LogP contribution in [-0.2, 0) is 18.4 Å². The molecule has 2 aromatic carbocycles. The summed E-state index contributed by atoms with van der Waals surface area (Å²) in [4.78, 5) is 8.97. The van der Waals surface area contributed by atoms with E-state index in [1.807, 2.05) is 12.1 Å². The molecule has 3 aromatic rings. The molecule has 1 heterocycles. The van der Waals surface area contributed by atoms with Gasteiger partial charge in [0.25, 0.3) is 0 Å². The molecule has 0 atom stereocenters. The molecule has 0 saturated carbocycles. The van der Waals surface area contributed by atoms with Gasteiger partial charge in [0.15, 0.2) is 0 Å². The van der Waals surface area contributed by atoms with Gasteiger partial charge >= 0.3 is 0 Å². The van der Waals surface area contributed by atoms with Crippen LogP contribution in [0.15, 0.2) is 36.5 Å². The Morgan fingerprint density at radius 3 is 2.81 bits per heavy atom. The summed E-state index contributed by atoms with van der Waals surface area (Å²) in [6.45, 7) is 4.24. The van der Waals surface area contributed by atoms with E-state index in [1.54, 1.807) is 25.4 Å². The summed E-state index contributed by atoms with van der Waals surface area (Å²) in [6, 6.07) is 11.6. The van der Waals surface area contributed by atoms with Crippen LogP contribution in [-0.4, -0.2) is 22.2 Å². The van der Waals surface area contributed by atoms with E-state index in [2.05, 4.69) is 41.3 Å². The molecular formula is C24H23ClN4O2. The van der Waals surface area contributed by atoms with E-state index in [4.69, 9.17) is 16.3 Å². The molecule has 0 bridgehead atoms. The highest BCUT2D eigenvalue weighted by molar-refractivity contribution is 6.31. The minimum atomic E-state index is -0.183. The normalized spacial score (nSPS) is 14.1. The van der Waals surface area contributed by atoms with Crippen LogP contribution in [0.2, 0.25) is 5.02 Å². The van der Waals surface area contributed by atoms with E-state index < -0.39 is 0 Å². The van der Waals surface area contributed by atoms with E-state index in [0.717, 1.165) is 29.7 Å². The first-order chi connectivity index (χ1) is 14.9. The molecule has 1 aliphatic rings. The molecule has 31 heavy (non-hydrogen) atoms. The SMILES string of the molecule is COc1cc(CO)c(Cl)cc1Nc1nccc(-c2cc(C#N)c3c(c2)C(C)(C)CC3)n1. The van der Waals surface area contributed by atoms with Crippen LogP contribution in [0.25, 0.3) is 11.3 Å². The molecule has 0 radical (unpaired) electrons. The fourth-order valence-electron chi connectivity index (χ4n) is 4.05. The second-order valence-corrected chi connectivity index (χ2v) is 8.65. The maximum absolute atomic E-state index is 9.68. The molecule has 158 valence electrons. The minimum absolute atomic E-state index is 0.0314. The van der Waals surface area contributed by atoms with E-state index >= 15 is 0 Å². The number of methoxy groups -OCH3 is 1. The number of benzene rings is 2. The average Bonchev–Trinajstić information content (AvgIpc) is 3.08. The second-order valence-electron chi connectivity index (χ2n) is 8.24. The number of hydrogen-bond acceptors (Lipinski definition) is 6. The van der Waals surface area contributed by atoms with Gasteiger partial charge in [0, 0.05) is 16.8 Å². The highest BCUT2D eigenvalue weighted by Gasteiger charge is 2.32. The van der Waals surface area contributed by atoms with E-state index in [-0.39, 0.29) is 12.0 Å². The van der Waals surface area contributed by atoms with Crippen molar-refractivity contribution >= 4 is 23.2 Å². The largest absolute Gasteiger partial charge is 0.495 e. The van der Waals surface area contributed by atoms with Crippen LogP contribution in [0.5, 0.6) is 5.75 Å². The van der Waals surface area contributed by atoms with Crippen molar-refractivity contribution in [2.45, 2.75) is 38.7 Å². The second kappa shape index (κ2) is 8.18. The predicted molar refractivity (Wildman–Crippen MR) is 121 cm³/mol. The molecule has 0 unspecified atom stereocenters. The third-order valence-electron chi connectivity index (χ3n) is 5.84. The van der Waals surface area contributed by atoms with E-state index in [1.165, 1.54) is 5.56 Å². The Morgan fingerprint density at radius 1 is 1.29 bits per heavy atom. The zero-order valence-corrected chi connectivity index (χ0v) is 18.4. The van der Waals surface area contributed by atoms with Gasteiger partial charge in [0.05, 0.1) is 36.7 Å². The zero-order valence-electron chi connectivity index (χ0n) is 17.7. The summed E-state index contributed by atoms with van der Waals surface area (Å²) in [7, 11) is 1.54. The van der Waals surface area contributed by atoms with Gasteiger partial charge in [-0.1, -0.05) is 25.4 Å². The standard InChI is InChI=1S/C24H23ClN4O2/c1-24(2)6-4-17-15(12-26)8-14(9-18(17)24)20-5-7-27-23(28-20)29-21-11-19(25)16(13-30)10-22(21)31-3/h5,7-11,30H,4,6,13H2,1-3H3,(H,27,28,29). The monoisotopic (exact) mass is 434 g/mol. The molecule has 0 fully saturated rings. The Hall–Kier alpha value is -3.14. The number of hydrogen-bond donors (Lipinski definition) is 2. The Balaban J connectivity index is 1.73. The lowest BCUT2D eigenvalue weighted by Gasteiger charge is -2.20. The van der Waals surface area contributed by atoms with Crippen LogP contribution < -0.4 is 10.1 Å². The van der Waals surface area contributed by atoms with Crippen molar-refractivity contribution in [3.05, 3.63) is 63.8 Å². The average molecular weight is 435 g/mol. The molecule has 1 aromatic heterocycles. The van der Waals surface area contributed by atoms with Gasteiger partial charge in [0.1, 0.15) is 5.75 Å². The number of aromatic nitrogens is 2. The number of nitriles is 1. The van der Waals surface area contributed by atoms with Gasteiger partial charge in [-0.15, -0.1) is 0 Å². The lowest BCUT2D eigenvalue weighted by Crippen LogP contribution is -2.12. The van der Waals surface area contributed by atoms with Crippen LogP contribution >= 0.6 is 11.6 Å². The quantitative estimate of drug-likeness (QED) is 0.578. The highest BCUT2D eigenvalue weighted by atomic mass is 35.5. The first kappa shape index (κ1) is 21.1. The van der Waals surface area contributed by atoms with Gasteiger partial charge in [-0.25, -0.2) is 9.97 Å². The molecule has 7 heteroatoms. The first-order valence-corrected chi connectivity index (χ1v) is 10.4.